The second-order valence-corrected chi connectivity index (χ2v) is 7.39. The van der Waals surface area contributed by atoms with Gasteiger partial charge in [-0.3, -0.25) is 4.79 Å². The molecule has 1 amide bonds. The van der Waals surface area contributed by atoms with Crippen LogP contribution in [0.3, 0.4) is 0 Å². The topological polar surface area (TPSA) is 92.6 Å². The van der Waals surface area contributed by atoms with Crippen LogP contribution in [-0.2, 0) is 24.2 Å². The van der Waals surface area contributed by atoms with E-state index in [0.717, 1.165) is 17.0 Å². The molecule has 6 nitrogen and oxygen atoms in total. The van der Waals surface area contributed by atoms with Crippen LogP contribution in [0.15, 0.2) is 34.7 Å². The number of carbonyl (C=O) groups is 1. The molecule has 1 aliphatic carbocycles. The molecule has 1 saturated carbocycles. The van der Waals surface area contributed by atoms with E-state index in [1.165, 1.54) is 0 Å². The van der Waals surface area contributed by atoms with Crippen molar-refractivity contribution in [2.75, 3.05) is 6.54 Å². The molecule has 0 radical (unpaired) electrons. The first kappa shape index (κ1) is 19.9. The van der Waals surface area contributed by atoms with E-state index in [4.69, 9.17) is 10.2 Å². The van der Waals surface area contributed by atoms with Gasteiger partial charge in [0.25, 0.3) is 0 Å². The molecular weight excluding hydrogens is 366 g/mol. The van der Waals surface area contributed by atoms with Crippen LogP contribution in [0.2, 0.25) is 0 Å². The molecule has 4 rings (SSSR count). The number of oxazole rings is 1. The van der Waals surface area contributed by atoms with Gasteiger partial charge >= 0.3 is 0 Å². The quantitative estimate of drug-likeness (QED) is 0.835. The normalized spacial score (nSPS) is 24.8. The van der Waals surface area contributed by atoms with E-state index in [0.29, 0.717) is 51.1 Å². The van der Waals surface area contributed by atoms with Crippen molar-refractivity contribution >= 4 is 18.3 Å². The lowest BCUT2D eigenvalue weighted by atomic mass is 9.83. The summed E-state index contributed by atoms with van der Waals surface area (Å²) in [7, 11) is 0. The number of hydrogen-bond donors (Lipinski definition) is 2. The van der Waals surface area contributed by atoms with Crippen LogP contribution in [0.4, 0.5) is 0 Å². The number of aliphatic hydroxyl groups is 1. The van der Waals surface area contributed by atoms with E-state index in [2.05, 4.69) is 17.1 Å². The van der Waals surface area contributed by atoms with Crippen molar-refractivity contribution in [2.45, 2.75) is 50.8 Å². The molecule has 0 spiro atoms. The van der Waals surface area contributed by atoms with Gasteiger partial charge in [-0.05, 0) is 24.8 Å². The number of benzene rings is 1. The van der Waals surface area contributed by atoms with Crippen molar-refractivity contribution in [2.24, 2.45) is 11.7 Å². The number of aromatic nitrogens is 1. The van der Waals surface area contributed by atoms with E-state index in [1.807, 2.05) is 23.1 Å². The molecule has 0 unspecified atom stereocenters. The van der Waals surface area contributed by atoms with Gasteiger partial charge in [0.1, 0.15) is 11.5 Å². The molecule has 2 heterocycles. The van der Waals surface area contributed by atoms with Gasteiger partial charge in [0.05, 0.1) is 12.6 Å². The van der Waals surface area contributed by atoms with Crippen molar-refractivity contribution in [3.63, 3.8) is 0 Å². The van der Waals surface area contributed by atoms with Crippen LogP contribution in [0, 0.1) is 5.92 Å². The zero-order valence-corrected chi connectivity index (χ0v) is 16.0. The molecule has 1 fully saturated rings. The molecule has 7 heteroatoms. The minimum atomic E-state index is -0.483. The summed E-state index contributed by atoms with van der Waals surface area (Å²) in [5.41, 5.74) is 7.97. The van der Waals surface area contributed by atoms with E-state index < -0.39 is 6.10 Å². The average molecular weight is 392 g/mol. The summed E-state index contributed by atoms with van der Waals surface area (Å²) in [6, 6.07) is 9.81. The van der Waals surface area contributed by atoms with Gasteiger partial charge in [-0.1, -0.05) is 30.3 Å². The molecule has 3 N–H and O–H groups in total. The fourth-order valence-electron chi connectivity index (χ4n) is 3.96. The van der Waals surface area contributed by atoms with E-state index in [9.17, 15) is 9.90 Å². The number of aliphatic hydroxyl groups excluding tert-OH is 1. The van der Waals surface area contributed by atoms with Crippen molar-refractivity contribution < 1.29 is 14.3 Å². The highest BCUT2D eigenvalue weighted by Gasteiger charge is 2.35. The first-order valence-electron chi connectivity index (χ1n) is 9.34. The standard InChI is InChI=1S/C20H25N3O3.ClH/c21-15-11-14(6-7-17(15)24)20(25)23-9-8-18-16(12-23)22-19(26-18)10-13-4-2-1-3-5-13;/h1-5,14-15,17,24H,6-12,21H2;1H/t14-,15+,17+;/m0./s1. The highest BCUT2D eigenvalue weighted by molar-refractivity contribution is 5.85. The lowest BCUT2D eigenvalue weighted by molar-refractivity contribution is -0.138. The van der Waals surface area contributed by atoms with Crippen molar-refractivity contribution in [1.82, 2.24) is 9.88 Å². The number of carbonyl (C=O) groups excluding carboxylic acids is 1. The van der Waals surface area contributed by atoms with Gasteiger partial charge in [-0.15, -0.1) is 12.4 Å². The molecule has 1 aliphatic heterocycles. The van der Waals surface area contributed by atoms with E-state index in [-0.39, 0.29) is 30.3 Å². The molecule has 2 aliphatic rings. The molecule has 1 aromatic heterocycles. The Morgan fingerprint density at radius 2 is 2.07 bits per heavy atom. The maximum absolute atomic E-state index is 12.8. The third-order valence-corrected chi connectivity index (χ3v) is 5.49. The van der Waals surface area contributed by atoms with Gasteiger partial charge in [0, 0.05) is 31.3 Å². The highest BCUT2D eigenvalue weighted by atomic mass is 35.5. The largest absolute Gasteiger partial charge is 0.445 e. The van der Waals surface area contributed by atoms with Crippen LogP contribution in [0.5, 0.6) is 0 Å². The molecule has 0 saturated heterocycles. The van der Waals surface area contributed by atoms with Gasteiger partial charge in [0.2, 0.25) is 5.91 Å². The van der Waals surface area contributed by atoms with Crippen molar-refractivity contribution in [3.8, 4) is 0 Å². The molecule has 2 aromatic rings. The van der Waals surface area contributed by atoms with Crippen molar-refractivity contribution in [3.05, 3.63) is 53.2 Å². The zero-order valence-electron chi connectivity index (χ0n) is 15.2. The maximum atomic E-state index is 12.8. The fourth-order valence-corrected chi connectivity index (χ4v) is 3.96. The predicted molar refractivity (Wildman–Crippen MR) is 103 cm³/mol. The van der Waals surface area contributed by atoms with Crippen LogP contribution >= 0.6 is 12.4 Å². The highest BCUT2D eigenvalue weighted by Crippen LogP contribution is 2.28. The second kappa shape index (κ2) is 8.42. The summed E-state index contributed by atoms with van der Waals surface area (Å²) >= 11 is 0. The molecule has 0 bridgehead atoms. The third kappa shape index (κ3) is 4.34. The summed E-state index contributed by atoms with van der Waals surface area (Å²) in [4.78, 5) is 19.3. The predicted octanol–water partition coefficient (Wildman–Crippen LogP) is 2.06. The number of amides is 1. The Labute approximate surface area is 165 Å². The minimum absolute atomic E-state index is 0. The lowest BCUT2D eigenvalue weighted by Crippen LogP contribution is -2.47. The fraction of sp³-hybridized carbons (Fsp3) is 0.500. The Balaban J connectivity index is 0.00000210. The van der Waals surface area contributed by atoms with Gasteiger partial charge in [-0.2, -0.15) is 0 Å². The van der Waals surface area contributed by atoms with Crippen LogP contribution < -0.4 is 5.73 Å². The van der Waals surface area contributed by atoms with E-state index in [1.54, 1.807) is 0 Å². The van der Waals surface area contributed by atoms with Gasteiger partial charge in [-0.25, -0.2) is 4.98 Å². The number of hydrogen-bond acceptors (Lipinski definition) is 5. The molecule has 27 heavy (non-hydrogen) atoms. The smallest absolute Gasteiger partial charge is 0.226 e. The van der Waals surface area contributed by atoms with Crippen molar-refractivity contribution in [1.29, 1.82) is 0 Å². The maximum Gasteiger partial charge on any atom is 0.226 e. The summed E-state index contributed by atoms with van der Waals surface area (Å²) in [5, 5.41) is 9.77. The number of fused-ring (bicyclic) bond motifs is 1. The van der Waals surface area contributed by atoms with Gasteiger partial charge in [0.15, 0.2) is 5.89 Å². The Morgan fingerprint density at radius 3 is 2.81 bits per heavy atom. The SMILES string of the molecule is Cl.N[C@@H]1C[C@@H](C(=O)N2CCc3oc(Cc4ccccc4)nc3C2)CC[C@H]1O. The van der Waals surface area contributed by atoms with Crippen LogP contribution in [0.1, 0.15) is 42.2 Å². The number of rotatable bonds is 3. The molecule has 3 atom stereocenters. The Kier molecular flexibility index (Phi) is 6.19. The third-order valence-electron chi connectivity index (χ3n) is 5.49. The van der Waals surface area contributed by atoms with Gasteiger partial charge < -0.3 is 20.2 Å². The first-order valence-corrected chi connectivity index (χ1v) is 9.34. The first-order chi connectivity index (χ1) is 12.6. The summed E-state index contributed by atoms with van der Waals surface area (Å²) in [6.45, 7) is 1.15. The molecule has 146 valence electrons. The zero-order chi connectivity index (χ0) is 18.1. The molecular formula is C20H26ClN3O3. The average Bonchev–Trinajstić information content (AvgIpc) is 3.05. The van der Waals surface area contributed by atoms with Crippen LogP contribution in [-0.4, -0.2) is 39.6 Å². The summed E-state index contributed by atoms with van der Waals surface area (Å²) < 4.78 is 5.91. The summed E-state index contributed by atoms with van der Waals surface area (Å²) in [6.07, 6.45) is 2.74. The monoisotopic (exact) mass is 391 g/mol. The number of nitrogens with two attached hydrogens (primary N) is 1. The Hall–Kier alpha value is -1.89. The minimum Gasteiger partial charge on any atom is -0.445 e. The second-order valence-electron chi connectivity index (χ2n) is 7.39. The number of halogens is 1. The Bertz CT molecular complexity index is 780. The molecule has 1 aromatic carbocycles. The Morgan fingerprint density at radius 1 is 1.30 bits per heavy atom. The van der Waals surface area contributed by atoms with Crippen LogP contribution in [0.25, 0.3) is 0 Å². The van der Waals surface area contributed by atoms with E-state index >= 15 is 0 Å². The number of nitrogens with zero attached hydrogens (tertiary/aromatic N) is 2. The lowest BCUT2D eigenvalue weighted by Gasteiger charge is -2.34. The summed E-state index contributed by atoms with van der Waals surface area (Å²) in [5.74, 6) is 1.64.